The zero-order valence-corrected chi connectivity index (χ0v) is 31.2. The highest BCUT2D eigenvalue weighted by Crippen LogP contribution is 2.42. The number of benzene rings is 4. The third kappa shape index (κ3) is 7.82. The molecule has 4 aromatic carbocycles. The van der Waals surface area contributed by atoms with Crippen LogP contribution in [-0.2, 0) is 29.0 Å². The molecule has 0 saturated heterocycles. The minimum Gasteiger partial charge on any atom is -0.494 e. The molecule has 1 aromatic heterocycles. The summed E-state index contributed by atoms with van der Waals surface area (Å²) in [4.78, 5) is 33.6. The summed E-state index contributed by atoms with van der Waals surface area (Å²) in [6, 6.07) is 30.2. The van der Waals surface area contributed by atoms with Gasteiger partial charge < -0.3 is 24.6 Å². The van der Waals surface area contributed by atoms with Crippen LogP contribution >= 0.6 is 0 Å². The second kappa shape index (κ2) is 16.1. The summed E-state index contributed by atoms with van der Waals surface area (Å²) in [7, 11) is 0. The number of aliphatic carboxylic acids is 1. The van der Waals surface area contributed by atoms with Gasteiger partial charge >= 0.3 is 5.97 Å². The van der Waals surface area contributed by atoms with E-state index in [0.29, 0.717) is 37.7 Å². The zero-order chi connectivity index (χ0) is 37.8. The molecule has 1 amide bonds. The molecule has 0 aliphatic carbocycles. The van der Waals surface area contributed by atoms with Gasteiger partial charge in [-0.3, -0.25) is 14.7 Å². The monoisotopic (exact) mass is 725 g/mol. The van der Waals surface area contributed by atoms with Gasteiger partial charge in [-0.25, -0.2) is 4.79 Å². The Balaban J connectivity index is 1.13. The van der Waals surface area contributed by atoms with Crippen LogP contribution in [0.2, 0.25) is 0 Å². The third-order valence-corrected chi connectivity index (χ3v) is 10.7. The third-order valence-electron chi connectivity index (χ3n) is 10.7. The summed E-state index contributed by atoms with van der Waals surface area (Å²) in [6.45, 7) is 9.55. The Hall–Kier alpha value is -5.67. The van der Waals surface area contributed by atoms with Gasteiger partial charge in [0.25, 0.3) is 0 Å². The highest BCUT2D eigenvalue weighted by atomic mass is 16.6. The summed E-state index contributed by atoms with van der Waals surface area (Å²) in [5.74, 6) is 0.730. The summed E-state index contributed by atoms with van der Waals surface area (Å²) in [6.07, 6.45) is 2.84. The van der Waals surface area contributed by atoms with E-state index in [1.54, 1.807) is 6.20 Å². The van der Waals surface area contributed by atoms with E-state index in [4.69, 9.17) is 14.2 Å². The van der Waals surface area contributed by atoms with Crippen LogP contribution in [0.3, 0.4) is 0 Å². The number of hydrogen-bond acceptors (Lipinski definition) is 7. The van der Waals surface area contributed by atoms with Crippen LogP contribution in [0.15, 0.2) is 103 Å². The molecule has 2 aliphatic heterocycles. The topological polar surface area (TPSA) is 110 Å². The standard InChI is InChI=1S/C45H47N3O6/c1-5-39(32-10-8-7-9-11-32)48-26-35-25-42-41(53-27-43(54-42)33-16-18-36(19-17-33)52-6-2)24-34(35)23-40(48)44(49)47-38(45(50)51)22-30-12-14-31(15-13-30)37-20-21-46-29(4)28(37)3/h7-21,24-25,38-40,43H,5-6,22-23,26-27H2,1-4H3,(H,47,49)(H,50,51)/t38-,39-,40-,43+/m0/s1. The van der Waals surface area contributed by atoms with E-state index in [-0.39, 0.29) is 24.5 Å². The number of carboxylic acid groups (broad SMARTS) is 1. The molecule has 4 atom stereocenters. The van der Waals surface area contributed by atoms with Crippen LogP contribution in [-0.4, -0.2) is 52.2 Å². The van der Waals surface area contributed by atoms with Crippen molar-refractivity contribution in [3.8, 4) is 28.4 Å². The first-order valence-corrected chi connectivity index (χ1v) is 18.8. The van der Waals surface area contributed by atoms with Gasteiger partial charge in [0.15, 0.2) is 17.6 Å². The molecule has 0 spiro atoms. The number of carbonyl (C=O) groups is 2. The molecule has 2 N–H and O–H groups in total. The van der Waals surface area contributed by atoms with Crippen LogP contribution < -0.4 is 19.5 Å². The number of ether oxygens (including phenoxy) is 3. The smallest absolute Gasteiger partial charge is 0.326 e. The lowest BCUT2D eigenvalue weighted by molar-refractivity contribution is -0.143. The van der Waals surface area contributed by atoms with Crippen molar-refractivity contribution >= 4 is 11.9 Å². The zero-order valence-electron chi connectivity index (χ0n) is 31.2. The predicted molar refractivity (Wildman–Crippen MR) is 208 cm³/mol. The van der Waals surface area contributed by atoms with Gasteiger partial charge in [-0.05, 0) is 108 Å². The number of aromatic nitrogens is 1. The molecule has 9 heteroatoms. The van der Waals surface area contributed by atoms with E-state index in [1.165, 1.54) is 0 Å². The molecule has 0 unspecified atom stereocenters. The molecule has 0 radical (unpaired) electrons. The molecule has 3 heterocycles. The average molecular weight is 726 g/mol. The normalized spacial score (nSPS) is 17.6. The van der Waals surface area contributed by atoms with Crippen molar-refractivity contribution in [3.05, 3.63) is 142 Å². The van der Waals surface area contributed by atoms with Crippen LogP contribution in [0.4, 0.5) is 0 Å². The van der Waals surface area contributed by atoms with E-state index in [9.17, 15) is 14.7 Å². The highest BCUT2D eigenvalue weighted by Gasteiger charge is 2.38. The van der Waals surface area contributed by atoms with E-state index in [0.717, 1.165) is 62.4 Å². The molecule has 54 heavy (non-hydrogen) atoms. The fourth-order valence-corrected chi connectivity index (χ4v) is 7.67. The Morgan fingerprint density at radius 1 is 0.944 bits per heavy atom. The quantitative estimate of drug-likeness (QED) is 0.133. The lowest BCUT2D eigenvalue weighted by Gasteiger charge is -2.42. The summed E-state index contributed by atoms with van der Waals surface area (Å²) >= 11 is 0. The van der Waals surface area contributed by atoms with Crippen molar-refractivity contribution in [1.29, 1.82) is 0 Å². The lowest BCUT2D eigenvalue weighted by atomic mass is 9.89. The second-order valence-electron chi connectivity index (χ2n) is 14.1. The fourth-order valence-electron chi connectivity index (χ4n) is 7.67. The van der Waals surface area contributed by atoms with E-state index < -0.39 is 18.1 Å². The van der Waals surface area contributed by atoms with Gasteiger partial charge in [-0.1, -0.05) is 73.7 Å². The lowest BCUT2D eigenvalue weighted by Crippen LogP contribution is -2.55. The Labute approximate surface area is 316 Å². The van der Waals surface area contributed by atoms with Crippen molar-refractivity contribution < 1.29 is 28.9 Å². The van der Waals surface area contributed by atoms with Crippen molar-refractivity contribution in [2.45, 2.75) is 77.7 Å². The molecule has 278 valence electrons. The number of pyridine rings is 1. The number of rotatable bonds is 12. The number of carbonyl (C=O) groups excluding carboxylic acids is 1. The molecule has 9 nitrogen and oxygen atoms in total. The van der Waals surface area contributed by atoms with Gasteiger partial charge in [0, 0.05) is 30.9 Å². The van der Waals surface area contributed by atoms with Gasteiger partial charge in [0.1, 0.15) is 18.4 Å². The van der Waals surface area contributed by atoms with Crippen LogP contribution in [0.1, 0.15) is 71.5 Å². The van der Waals surface area contributed by atoms with Gasteiger partial charge in [0.05, 0.1) is 12.6 Å². The van der Waals surface area contributed by atoms with E-state index in [1.807, 2.05) is 106 Å². The van der Waals surface area contributed by atoms with Gasteiger partial charge in [-0.15, -0.1) is 0 Å². The SMILES string of the molecule is CCOc1ccc([C@H]2COc3cc4c(cc3O2)CN([C@@H](CC)c2ccccc2)[C@H](C(=O)N[C@@H](Cc2ccc(-c3ccnc(C)c3C)cc2)C(=O)O)C4)cc1. The maximum Gasteiger partial charge on any atom is 0.326 e. The Kier molecular flexibility index (Phi) is 11.0. The number of amides is 1. The highest BCUT2D eigenvalue weighted by molar-refractivity contribution is 5.87. The summed E-state index contributed by atoms with van der Waals surface area (Å²) < 4.78 is 18.4. The summed E-state index contributed by atoms with van der Waals surface area (Å²) in [5, 5.41) is 13.3. The van der Waals surface area contributed by atoms with Crippen molar-refractivity contribution in [3.63, 3.8) is 0 Å². The van der Waals surface area contributed by atoms with E-state index >= 15 is 0 Å². The van der Waals surface area contributed by atoms with Crippen LogP contribution in [0.25, 0.3) is 11.1 Å². The molecule has 2 aliphatic rings. The van der Waals surface area contributed by atoms with Crippen LogP contribution in [0, 0.1) is 13.8 Å². The molecule has 0 saturated carbocycles. The Bertz CT molecular complexity index is 2100. The molecule has 7 rings (SSSR count). The minimum absolute atomic E-state index is 0.0731. The minimum atomic E-state index is -1.10. The first-order valence-electron chi connectivity index (χ1n) is 18.8. The number of carboxylic acids is 1. The maximum atomic E-state index is 14.4. The van der Waals surface area contributed by atoms with E-state index in [2.05, 4.69) is 34.3 Å². The Morgan fingerprint density at radius 2 is 1.69 bits per heavy atom. The number of hydrogen-bond donors (Lipinski definition) is 2. The van der Waals surface area contributed by atoms with Crippen LogP contribution in [0.5, 0.6) is 17.2 Å². The molecular formula is C45H47N3O6. The number of nitrogens with zero attached hydrogens (tertiary/aromatic N) is 2. The average Bonchev–Trinajstić information content (AvgIpc) is 3.19. The fraction of sp³-hybridized carbons (Fsp3) is 0.311. The van der Waals surface area contributed by atoms with Crippen molar-refractivity contribution in [1.82, 2.24) is 15.2 Å². The largest absolute Gasteiger partial charge is 0.494 e. The molecule has 5 aromatic rings. The molecule has 0 bridgehead atoms. The molecular weight excluding hydrogens is 679 g/mol. The number of aryl methyl sites for hydroxylation is 1. The number of fused-ring (bicyclic) bond motifs is 2. The predicted octanol–water partition coefficient (Wildman–Crippen LogP) is 7.97. The number of nitrogens with one attached hydrogen (secondary N) is 1. The van der Waals surface area contributed by atoms with Crippen molar-refractivity contribution in [2.24, 2.45) is 0 Å². The summed E-state index contributed by atoms with van der Waals surface area (Å²) in [5.41, 5.74) is 9.15. The van der Waals surface area contributed by atoms with Gasteiger partial charge in [0.2, 0.25) is 5.91 Å². The Morgan fingerprint density at radius 3 is 2.39 bits per heavy atom. The first-order chi connectivity index (χ1) is 26.2. The first kappa shape index (κ1) is 36.7. The molecule has 0 fully saturated rings. The van der Waals surface area contributed by atoms with Gasteiger partial charge in [-0.2, -0.15) is 0 Å². The maximum absolute atomic E-state index is 14.4. The van der Waals surface area contributed by atoms with Crippen molar-refractivity contribution in [2.75, 3.05) is 13.2 Å². The second-order valence-corrected chi connectivity index (χ2v) is 14.1.